The molecule has 0 spiro atoms. The minimum absolute atomic E-state index is 0.0939. The quantitative estimate of drug-likeness (QED) is 0.0688. The molecule has 132 heavy (non-hydrogen) atoms. The average Bonchev–Trinajstić information content (AvgIpc) is 1.53. The van der Waals surface area contributed by atoms with Gasteiger partial charge in [-0.05, 0) is 278 Å². The SMILES string of the molecule is CC1(C)C2CCC(CNC(=O)c3nn(-c4ccc(Cl)cc4Cl)c4c3Cc3sc(Br)cc3-4)C1C2.CC1(C)C2CCC(CNC(=O)c3nn(-c4ccc(Cl)cc4Cl)c4c3Cc3sc(Cl)cc3-4)C1C2.CC1(C)C2CCC(CNC(=O)c3nn(-c4ccc(F)cc4F)c4c3Cc3sc(Cl)cc3-4)C1C2.Cc1cc2c(s1)Cc1c(C(=O)NCC3CCC4CC3C4(C)C)nn(-c3ccc(F)cc3F)c1-2. The summed E-state index contributed by atoms with van der Waals surface area (Å²) in [5, 5.41) is 33.5. The van der Waals surface area contributed by atoms with Crippen LogP contribution in [-0.2, 0) is 25.7 Å². The third kappa shape index (κ3) is 15.6. The molecule has 12 fully saturated rings. The highest BCUT2D eigenvalue weighted by Crippen LogP contribution is 2.65. The van der Waals surface area contributed by atoms with Gasteiger partial charge >= 0.3 is 0 Å². The number of thiophene rings is 4. The normalized spacial score (nSPS) is 24.2. The van der Waals surface area contributed by atoms with Crippen LogP contribution < -0.4 is 21.3 Å². The molecule has 0 radical (unpaired) electrons. The van der Waals surface area contributed by atoms with E-state index in [-0.39, 0.29) is 35.0 Å². The summed E-state index contributed by atoms with van der Waals surface area (Å²) in [7, 11) is 0. The Kier molecular flexibility index (Phi) is 23.5. The van der Waals surface area contributed by atoms with Crippen molar-refractivity contribution in [2.45, 2.75) is 165 Å². The van der Waals surface area contributed by atoms with E-state index in [1.807, 2.05) is 35.9 Å². The molecule has 4 aromatic carbocycles. The van der Waals surface area contributed by atoms with E-state index in [9.17, 15) is 36.7 Å². The number of nitrogens with zero attached hydrogens (tertiary/aromatic N) is 8. The molecule has 16 aliphatic carbocycles. The van der Waals surface area contributed by atoms with E-state index in [1.165, 1.54) is 114 Å². The number of benzene rings is 4. The summed E-state index contributed by atoms with van der Waals surface area (Å²) in [6.07, 6.45) is 17.3. The topological polar surface area (TPSA) is 188 Å². The molecule has 0 saturated heterocycles. The molecule has 12 atom stereocenters. The van der Waals surface area contributed by atoms with Gasteiger partial charge in [0.05, 0.1) is 56.7 Å². The van der Waals surface area contributed by atoms with Gasteiger partial charge in [0.15, 0.2) is 34.4 Å². The Hall–Kier alpha value is -7.66. The minimum atomic E-state index is -0.731. The van der Waals surface area contributed by atoms with Gasteiger partial charge in [-0.15, -0.1) is 45.3 Å². The highest BCUT2D eigenvalue weighted by Gasteiger charge is 2.58. The van der Waals surface area contributed by atoms with Crippen LogP contribution in [-0.4, -0.2) is 88.9 Å². The molecule has 31 heteroatoms. The van der Waals surface area contributed by atoms with Crippen LogP contribution in [0.2, 0.25) is 28.8 Å². The lowest BCUT2D eigenvalue weighted by molar-refractivity contribution is -0.103. The zero-order valence-electron chi connectivity index (χ0n) is 74.3. The van der Waals surface area contributed by atoms with Crippen LogP contribution in [0.3, 0.4) is 0 Å². The standard InChI is InChI=1S/C26H27F2N3OS.C25H24BrCl2N3OS.C25H24Cl3N3OS.C25H24ClF2N3OS/c1-13-8-17-22(33-13)11-18-23(30-31(24(17)18)21-7-6-16(27)10-20(21)28)25(32)29-12-14-4-5-15-9-19(14)26(15,2)3;1-25(2)13-4-3-12(17(25)7-13)11-29-24(32)22-16-9-20-15(10-21(26)33-20)23(16)31(30-22)19-6-5-14(27)8-18(19)28;1-25(2)13-4-3-12(17(25)7-13)11-29-24(32)22-16-9-20-15(10-21(28)33-20)23(16)31(30-22)19-6-5-14(26)8-18(19)27;1-25(2)13-4-3-12(17(25)7-13)11-29-24(32)22-16-9-20-15(10-21(26)33-20)23(16)31(30-22)19-6-5-14(27)8-18(19)28/h6-8,10,14-15,19H,4-5,9,11-12H2,1-3H3,(H,29,32);3*5-6,8,10,12-13,17H,3-4,7,9,11H2,1-2H3,(H,29,32). The molecule has 16 aliphatic rings. The van der Waals surface area contributed by atoms with Gasteiger partial charge in [0, 0.05) is 143 Å². The third-order valence-electron chi connectivity index (χ3n) is 33.1. The summed E-state index contributed by atoms with van der Waals surface area (Å²) in [5.41, 5.74) is 15.5. The Morgan fingerprint density at radius 1 is 0.379 bits per heavy atom. The first kappa shape index (κ1) is 90.8. The van der Waals surface area contributed by atoms with Gasteiger partial charge in [-0.2, -0.15) is 20.4 Å². The lowest BCUT2D eigenvalue weighted by Crippen LogP contribution is -2.54. The molecular formula is C101H99BrCl6F4N12O4S4. The molecule has 4 N–H and O–H groups in total. The van der Waals surface area contributed by atoms with E-state index >= 15 is 0 Å². The largest absolute Gasteiger partial charge is 0.350 e. The maximum Gasteiger partial charge on any atom is 0.272 e. The third-order valence-corrected chi connectivity index (χ3v) is 39.4. The van der Waals surface area contributed by atoms with Crippen LogP contribution in [0.15, 0.2) is 101 Å². The van der Waals surface area contributed by atoms with Crippen molar-refractivity contribution in [1.29, 1.82) is 0 Å². The first-order valence-electron chi connectivity index (χ1n) is 45.8. The van der Waals surface area contributed by atoms with Crippen molar-refractivity contribution in [3.63, 3.8) is 0 Å². The number of aryl methyl sites for hydroxylation is 1. The molecule has 8 bridgehead atoms. The number of rotatable bonds is 16. The average molecular weight is 2040 g/mol. The van der Waals surface area contributed by atoms with E-state index in [0.717, 1.165) is 150 Å². The van der Waals surface area contributed by atoms with Gasteiger partial charge in [0.25, 0.3) is 23.6 Å². The van der Waals surface area contributed by atoms with Crippen molar-refractivity contribution < 1.29 is 36.7 Å². The number of amides is 4. The van der Waals surface area contributed by atoms with E-state index < -0.39 is 23.3 Å². The lowest BCUT2D eigenvalue weighted by atomic mass is 9.45. The van der Waals surface area contributed by atoms with E-state index in [0.29, 0.717) is 173 Å². The second kappa shape index (κ2) is 34.2. The van der Waals surface area contributed by atoms with Gasteiger partial charge in [-0.1, -0.05) is 125 Å². The van der Waals surface area contributed by atoms with E-state index in [2.05, 4.69) is 115 Å². The van der Waals surface area contributed by atoms with Crippen molar-refractivity contribution in [2.75, 3.05) is 26.2 Å². The first-order valence-corrected chi connectivity index (χ1v) is 52.2. The second-order valence-electron chi connectivity index (χ2n) is 40.9. The summed E-state index contributed by atoms with van der Waals surface area (Å²) in [6.45, 7) is 23.7. The fourth-order valence-electron chi connectivity index (χ4n) is 25.4. The van der Waals surface area contributed by atoms with Gasteiger partial charge < -0.3 is 21.3 Å². The highest BCUT2D eigenvalue weighted by atomic mass is 79.9. The smallest absolute Gasteiger partial charge is 0.272 e. The number of hydrogen-bond donors (Lipinski definition) is 4. The fourth-order valence-corrected chi connectivity index (χ4v) is 31.7. The van der Waals surface area contributed by atoms with Gasteiger partial charge in [-0.25, -0.2) is 36.3 Å². The number of nitrogens with one attached hydrogen (secondary N) is 4. The van der Waals surface area contributed by atoms with Crippen molar-refractivity contribution in [2.24, 2.45) is 92.7 Å². The van der Waals surface area contributed by atoms with E-state index in [1.54, 1.807) is 63.0 Å². The Balaban J connectivity index is 0.000000106. The van der Waals surface area contributed by atoms with Gasteiger partial charge in [0.1, 0.15) is 23.0 Å². The Labute approximate surface area is 818 Å². The molecule has 4 amide bonds. The molecule has 0 aliphatic heterocycles. The van der Waals surface area contributed by atoms with Crippen LogP contribution in [0.1, 0.15) is 221 Å². The Morgan fingerprint density at radius 3 is 0.970 bits per heavy atom. The van der Waals surface area contributed by atoms with Crippen molar-refractivity contribution >= 4 is 155 Å². The summed E-state index contributed by atoms with van der Waals surface area (Å²) in [6, 6.07) is 25.5. The first-order chi connectivity index (χ1) is 62.9. The molecule has 12 saturated carbocycles. The predicted molar refractivity (Wildman–Crippen MR) is 523 cm³/mol. The minimum Gasteiger partial charge on any atom is -0.350 e. The van der Waals surface area contributed by atoms with Crippen molar-refractivity contribution in [1.82, 2.24) is 60.4 Å². The van der Waals surface area contributed by atoms with Crippen LogP contribution in [0, 0.1) is 123 Å². The Morgan fingerprint density at radius 2 is 0.667 bits per heavy atom. The van der Waals surface area contributed by atoms with Gasteiger partial charge in [-0.3, -0.25) is 19.2 Å². The molecule has 8 heterocycles. The summed E-state index contributed by atoms with van der Waals surface area (Å²) in [5.74, 6) is 4.69. The summed E-state index contributed by atoms with van der Waals surface area (Å²) < 4.78 is 65.4. The van der Waals surface area contributed by atoms with Crippen LogP contribution in [0.25, 0.3) is 67.8 Å². The number of fused-ring (bicyclic) bond motifs is 20. The monoisotopic (exact) mass is 2040 g/mol. The van der Waals surface area contributed by atoms with Crippen LogP contribution in [0.4, 0.5) is 17.6 Å². The number of aromatic nitrogens is 8. The highest BCUT2D eigenvalue weighted by molar-refractivity contribution is 9.11. The second-order valence-corrected chi connectivity index (χ2v) is 50.0. The molecule has 16 nitrogen and oxygen atoms in total. The van der Waals surface area contributed by atoms with Crippen molar-refractivity contribution in [3.05, 3.63) is 222 Å². The van der Waals surface area contributed by atoms with E-state index in [4.69, 9.17) is 79.8 Å². The predicted octanol–water partition coefficient (Wildman–Crippen LogP) is 26.8. The number of carbonyl (C=O) groups excluding carboxylic acids is 4. The van der Waals surface area contributed by atoms with Gasteiger partial charge in [0.2, 0.25) is 0 Å². The zero-order valence-corrected chi connectivity index (χ0v) is 83.7. The molecule has 8 aromatic heterocycles. The molecule has 28 rings (SSSR count). The number of halogens is 11. The zero-order chi connectivity index (χ0) is 92.3. The molecule has 12 unspecified atom stereocenters. The summed E-state index contributed by atoms with van der Waals surface area (Å²) in [4.78, 5) is 59.1. The maximum atomic E-state index is 14.7. The van der Waals surface area contributed by atoms with Crippen LogP contribution in [0.5, 0.6) is 0 Å². The van der Waals surface area contributed by atoms with Crippen LogP contribution >= 0.6 is 131 Å². The number of hydrogen-bond acceptors (Lipinski definition) is 12. The summed E-state index contributed by atoms with van der Waals surface area (Å²) >= 11 is 47.8. The Bertz CT molecular complexity index is 5970. The molecular weight excluding hydrogens is 1940 g/mol. The molecule has 12 aromatic rings. The molecule has 688 valence electrons. The lowest BCUT2D eigenvalue weighted by Gasteiger charge is -2.60. The fraction of sp³-hybridized carbons (Fsp3) is 0.446. The van der Waals surface area contributed by atoms with Crippen molar-refractivity contribution in [3.8, 4) is 67.8 Å². The maximum absolute atomic E-state index is 14.7. The number of carbonyl (C=O) groups is 4.